The van der Waals surface area contributed by atoms with Crippen molar-refractivity contribution < 1.29 is 21.6 Å². The summed E-state index contributed by atoms with van der Waals surface area (Å²) in [4.78, 5) is 11.6. The van der Waals surface area contributed by atoms with Gasteiger partial charge in [0.1, 0.15) is 0 Å². The monoisotopic (exact) mass is 372 g/mol. The van der Waals surface area contributed by atoms with Crippen molar-refractivity contribution >= 4 is 31.3 Å². The lowest BCUT2D eigenvalue weighted by Gasteiger charge is -2.15. The SMILES string of the molecule is C=CS(=O)(=O)CCc1c(N)ccc(C(N)=O)c1CCS(=O)(=O)C=C. The van der Waals surface area contributed by atoms with E-state index in [0.717, 1.165) is 10.8 Å². The Balaban J connectivity index is 3.34. The summed E-state index contributed by atoms with van der Waals surface area (Å²) in [5.41, 5.74) is 12.3. The second kappa shape index (κ2) is 7.63. The minimum absolute atomic E-state index is 0.0186. The molecule has 1 amide bonds. The standard InChI is InChI=1S/C15H20N2O5S2/c1-3-23(19,20)9-7-11-12(8-10-24(21,22)4-2)14(16)6-5-13(11)15(17)18/h3-6H,1-2,7-10,16H2,(H2,17,18). The molecule has 1 aromatic rings. The third-order valence-corrected chi connectivity index (χ3v) is 6.08. The van der Waals surface area contributed by atoms with E-state index in [1.807, 2.05) is 0 Å². The normalized spacial score (nSPS) is 11.8. The summed E-state index contributed by atoms with van der Waals surface area (Å²) in [5, 5.41) is 1.66. The van der Waals surface area contributed by atoms with Crippen molar-refractivity contribution in [2.24, 2.45) is 5.73 Å². The Labute approximate surface area is 141 Å². The first-order valence-electron chi connectivity index (χ1n) is 6.93. The third-order valence-electron chi connectivity index (χ3n) is 3.51. The van der Waals surface area contributed by atoms with E-state index in [0.29, 0.717) is 11.1 Å². The van der Waals surface area contributed by atoms with E-state index in [4.69, 9.17) is 11.5 Å². The summed E-state index contributed by atoms with van der Waals surface area (Å²) in [6.07, 6.45) is -0.00802. The second-order valence-electron chi connectivity index (χ2n) is 5.09. The second-order valence-corrected chi connectivity index (χ2v) is 9.23. The molecule has 0 aliphatic carbocycles. The zero-order valence-corrected chi connectivity index (χ0v) is 14.7. The lowest BCUT2D eigenvalue weighted by molar-refractivity contribution is 0.0999. The predicted molar refractivity (Wildman–Crippen MR) is 94.7 cm³/mol. The summed E-state index contributed by atoms with van der Waals surface area (Å²) in [6, 6.07) is 2.85. The molecule has 0 saturated heterocycles. The van der Waals surface area contributed by atoms with Crippen molar-refractivity contribution in [1.82, 2.24) is 0 Å². The lowest BCUT2D eigenvalue weighted by Crippen LogP contribution is -2.19. The van der Waals surface area contributed by atoms with E-state index in [1.165, 1.54) is 12.1 Å². The fourth-order valence-electron chi connectivity index (χ4n) is 2.18. The van der Waals surface area contributed by atoms with E-state index in [2.05, 4.69) is 13.2 Å². The molecular formula is C15H20N2O5S2. The fraction of sp³-hybridized carbons (Fsp3) is 0.267. The number of carbonyl (C=O) groups excluding carboxylic acids is 1. The van der Waals surface area contributed by atoms with E-state index in [1.54, 1.807) is 0 Å². The number of hydrogen-bond acceptors (Lipinski definition) is 6. The molecule has 0 atom stereocenters. The Morgan fingerprint density at radius 2 is 1.42 bits per heavy atom. The average Bonchev–Trinajstić information content (AvgIpc) is 2.51. The molecule has 1 rings (SSSR count). The molecule has 0 heterocycles. The van der Waals surface area contributed by atoms with Gasteiger partial charge < -0.3 is 11.5 Å². The van der Waals surface area contributed by atoms with E-state index < -0.39 is 25.6 Å². The number of nitrogen functional groups attached to an aromatic ring is 1. The molecule has 9 heteroatoms. The number of amides is 1. The molecule has 132 valence electrons. The largest absolute Gasteiger partial charge is 0.398 e. The highest BCUT2D eigenvalue weighted by Gasteiger charge is 2.19. The van der Waals surface area contributed by atoms with Gasteiger partial charge in [-0.15, -0.1) is 0 Å². The number of nitrogens with two attached hydrogens (primary N) is 2. The molecule has 0 radical (unpaired) electrons. The minimum atomic E-state index is -3.50. The summed E-state index contributed by atoms with van der Waals surface area (Å²) in [6.45, 7) is 6.46. The van der Waals surface area contributed by atoms with Crippen LogP contribution in [-0.4, -0.2) is 34.2 Å². The predicted octanol–water partition coefficient (Wildman–Crippen LogP) is 0.569. The summed E-state index contributed by atoms with van der Waals surface area (Å²) >= 11 is 0. The maximum Gasteiger partial charge on any atom is 0.248 e. The van der Waals surface area contributed by atoms with Crippen molar-refractivity contribution in [3.05, 3.63) is 52.8 Å². The van der Waals surface area contributed by atoms with Crippen molar-refractivity contribution in [3.8, 4) is 0 Å². The number of anilines is 1. The Morgan fingerprint density at radius 1 is 0.958 bits per heavy atom. The third kappa shape index (κ3) is 5.20. The van der Waals surface area contributed by atoms with Crippen LogP contribution in [0.1, 0.15) is 21.5 Å². The van der Waals surface area contributed by atoms with Crippen LogP contribution in [0.3, 0.4) is 0 Å². The molecule has 7 nitrogen and oxygen atoms in total. The van der Waals surface area contributed by atoms with Crippen LogP contribution in [0.25, 0.3) is 0 Å². The molecule has 24 heavy (non-hydrogen) atoms. The van der Waals surface area contributed by atoms with Crippen LogP contribution in [0.4, 0.5) is 5.69 Å². The summed E-state index contributed by atoms with van der Waals surface area (Å²) in [5.74, 6) is -1.29. The van der Waals surface area contributed by atoms with Crippen LogP contribution in [0.15, 0.2) is 36.1 Å². The first-order chi connectivity index (χ1) is 11.0. The van der Waals surface area contributed by atoms with Gasteiger partial charge in [0.05, 0.1) is 11.5 Å². The van der Waals surface area contributed by atoms with Gasteiger partial charge in [-0.3, -0.25) is 4.79 Å². The molecule has 0 bridgehead atoms. The zero-order chi connectivity index (χ0) is 18.5. The molecule has 0 unspecified atom stereocenters. The Morgan fingerprint density at radius 3 is 1.83 bits per heavy atom. The lowest BCUT2D eigenvalue weighted by atomic mass is 9.95. The maximum atomic E-state index is 11.6. The van der Waals surface area contributed by atoms with Gasteiger partial charge in [0.25, 0.3) is 0 Å². The van der Waals surface area contributed by atoms with Crippen molar-refractivity contribution in [1.29, 1.82) is 0 Å². The van der Waals surface area contributed by atoms with Gasteiger partial charge in [-0.1, -0.05) is 13.2 Å². The average molecular weight is 372 g/mol. The zero-order valence-electron chi connectivity index (χ0n) is 13.1. The van der Waals surface area contributed by atoms with Crippen molar-refractivity contribution in [2.45, 2.75) is 12.8 Å². The minimum Gasteiger partial charge on any atom is -0.398 e. The van der Waals surface area contributed by atoms with Gasteiger partial charge in [0.2, 0.25) is 5.91 Å². The van der Waals surface area contributed by atoms with Crippen molar-refractivity contribution in [3.63, 3.8) is 0 Å². The first kappa shape index (κ1) is 19.9. The van der Waals surface area contributed by atoms with Gasteiger partial charge >= 0.3 is 0 Å². The molecule has 1 aromatic carbocycles. The fourth-order valence-corrected chi connectivity index (χ4v) is 3.49. The van der Waals surface area contributed by atoms with Crippen LogP contribution in [0.5, 0.6) is 0 Å². The van der Waals surface area contributed by atoms with Gasteiger partial charge in [-0.25, -0.2) is 16.8 Å². The van der Waals surface area contributed by atoms with Crippen LogP contribution >= 0.6 is 0 Å². The Hall–Kier alpha value is -2.13. The Kier molecular flexibility index (Phi) is 6.33. The van der Waals surface area contributed by atoms with Gasteiger partial charge in [0.15, 0.2) is 19.7 Å². The highest BCUT2D eigenvalue weighted by atomic mass is 32.2. The summed E-state index contributed by atoms with van der Waals surface area (Å²) < 4.78 is 46.5. The molecule has 0 aliphatic rings. The highest BCUT2D eigenvalue weighted by molar-refractivity contribution is 7.94. The smallest absolute Gasteiger partial charge is 0.248 e. The van der Waals surface area contributed by atoms with Crippen LogP contribution in [0.2, 0.25) is 0 Å². The van der Waals surface area contributed by atoms with E-state index in [9.17, 15) is 21.6 Å². The number of sulfone groups is 2. The number of primary amides is 1. The van der Waals surface area contributed by atoms with Crippen LogP contribution < -0.4 is 11.5 Å². The number of hydrogen-bond donors (Lipinski definition) is 2. The number of benzene rings is 1. The Bertz CT molecular complexity index is 871. The van der Waals surface area contributed by atoms with Crippen molar-refractivity contribution in [2.75, 3.05) is 17.2 Å². The maximum absolute atomic E-state index is 11.6. The molecule has 0 saturated carbocycles. The van der Waals surface area contributed by atoms with Gasteiger partial charge in [0, 0.05) is 22.1 Å². The van der Waals surface area contributed by atoms with E-state index in [-0.39, 0.29) is 35.6 Å². The van der Waals surface area contributed by atoms with Crippen LogP contribution in [-0.2, 0) is 32.5 Å². The number of rotatable bonds is 9. The quantitative estimate of drug-likeness (QED) is 0.608. The molecule has 0 aliphatic heterocycles. The molecule has 0 fully saturated rings. The van der Waals surface area contributed by atoms with Gasteiger partial charge in [-0.2, -0.15) is 0 Å². The molecule has 4 N–H and O–H groups in total. The highest BCUT2D eigenvalue weighted by Crippen LogP contribution is 2.24. The molecule has 0 aromatic heterocycles. The van der Waals surface area contributed by atoms with Crippen LogP contribution in [0, 0.1) is 0 Å². The molecule has 0 spiro atoms. The van der Waals surface area contributed by atoms with E-state index >= 15 is 0 Å². The first-order valence-corrected chi connectivity index (χ1v) is 10.4. The topological polar surface area (TPSA) is 137 Å². The molecular weight excluding hydrogens is 352 g/mol. The number of carbonyl (C=O) groups is 1. The van der Waals surface area contributed by atoms with Gasteiger partial charge in [-0.05, 0) is 36.1 Å². The summed E-state index contributed by atoms with van der Waals surface area (Å²) in [7, 11) is -6.98.